The summed E-state index contributed by atoms with van der Waals surface area (Å²) in [7, 11) is -4.05. The molecular formula is C31H30FN7O6S. The van der Waals surface area contributed by atoms with Gasteiger partial charge in [0.15, 0.2) is 0 Å². The molecule has 46 heavy (non-hydrogen) atoms. The van der Waals surface area contributed by atoms with E-state index in [2.05, 4.69) is 30.1 Å². The summed E-state index contributed by atoms with van der Waals surface area (Å²) < 4.78 is 54.8. The molecule has 0 saturated carbocycles. The minimum absolute atomic E-state index is 0.143. The van der Waals surface area contributed by atoms with Crippen molar-refractivity contribution in [1.82, 2.24) is 25.0 Å². The van der Waals surface area contributed by atoms with Gasteiger partial charge in [-0.05, 0) is 62.6 Å². The lowest BCUT2D eigenvalue weighted by Crippen LogP contribution is -2.44. The Hall–Kier alpha value is -5.31. The zero-order valence-electron chi connectivity index (χ0n) is 24.9. The molecule has 0 spiro atoms. The van der Waals surface area contributed by atoms with E-state index >= 15 is 4.39 Å². The van der Waals surface area contributed by atoms with Gasteiger partial charge in [0.25, 0.3) is 0 Å². The van der Waals surface area contributed by atoms with Crippen LogP contribution in [0.15, 0.2) is 65.4 Å². The normalized spacial score (nSPS) is 15.1. The molecule has 1 aliphatic heterocycles. The fourth-order valence-electron chi connectivity index (χ4n) is 5.37. The predicted octanol–water partition coefficient (Wildman–Crippen LogP) is 5.72. The lowest BCUT2D eigenvalue weighted by molar-refractivity contribution is 0.132. The van der Waals surface area contributed by atoms with Crippen molar-refractivity contribution in [3.05, 3.63) is 83.8 Å². The summed E-state index contributed by atoms with van der Waals surface area (Å²) in [5.74, 6) is 0.100. The van der Waals surface area contributed by atoms with Crippen LogP contribution in [0, 0.1) is 19.7 Å². The van der Waals surface area contributed by atoms with Gasteiger partial charge in [0, 0.05) is 48.4 Å². The maximum Gasteiger partial charge on any atom is 0.407 e. The summed E-state index contributed by atoms with van der Waals surface area (Å²) in [5.41, 5.74) is 1.72. The third-order valence-corrected chi connectivity index (χ3v) is 8.69. The number of pyridine rings is 1. The Balaban J connectivity index is 1.30. The molecule has 1 saturated heterocycles. The highest BCUT2D eigenvalue weighted by atomic mass is 32.2. The molecule has 1 fully saturated rings. The molecule has 13 nitrogen and oxygen atoms in total. The fourth-order valence-corrected chi connectivity index (χ4v) is 6.48. The second-order valence-electron chi connectivity index (χ2n) is 11.0. The zero-order valence-corrected chi connectivity index (χ0v) is 25.7. The number of amides is 1. The number of rotatable bonds is 9. The molecule has 1 aliphatic rings. The van der Waals surface area contributed by atoms with Gasteiger partial charge < -0.3 is 24.6 Å². The van der Waals surface area contributed by atoms with E-state index in [1.165, 1.54) is 23.1 Å². The molecule has 1 amide bonds. The van der Waals surface area contributed by atoms with Crippen molar-refractivity contribution < 1.29 is 32.0 Å². The van der Waals surface area contributed by atoms with Gasteiger partial charge in [-0.15, -0.1) is 0 Å². The van der Waals surface area contributed by atoms with Crippen molar-refractivity contribution in [3.63, 3.8) is 0 Å². The Morgan fingerprint density at radius 3 is 2.74 bits per heavy atom. The first kappa shape index (κ1) is 30.7. The Labute approximate surface area is 263 Å². The number of ether oxygens (including phenoxy) is 1. The highest BCUT2D eigenvalue weighted by Gasteiger charge is 2.24. The van der Waals surface area contributed by atoms with Crippen molar-refractivity contribution >= 4 is 38.5 Å². The van der Waals surface area contributed by atoms with Crippen molar-refractivity contribution in [2.24, 2.45) is 0 Å². The van der Waals surface area contributed by atoms with Crippen molar-refractivity contribution in [3.8, 4) is 22.9 Å². The van der Waals surface area contributed by atoms with Gasteiger partial charge in [-0.25, -0.2) is 32.6 Å². The second-order valence-corrected chi connectivity index (χ2v) is 12.7. The summed E-state index contributed by atoms with van der Waals surface area (Å²) in [5, 5.41) is 17.1. The van der Waals surface area contributed by atoms with Gasteiger partial charge in [0.2, 0.25) is 21.9 Å². The van der Waals surface area contributed by atoms with Crippen LogP contribution in [-0.4, -0.2) is 63.8 Å². The molecule has 3 aromatic heterocycles. The Morgan fingerprint density at radius 2 is 1.96 bits per heavy atom. The summed E-state index contributed by atoms with van der Waals surface area (Å²) in [6.45, 7) is 4.27. The first-order valence-corrected chi connectivity index (χ1v) is 16.1. The Kier molecular flexibility index (Phi) is 8.41. The van der Waals surface area contributed by atoms with Crippen molar-refractivity contribution in [1.29, 1.82) is 0 Å². The van der Waals surface area contributed by atoms with Crippen molar-refractivity contribution in [2.75, 3.05) is 23.1 Å². The van der Waals surface area contributed by atoms with Crippen LogP contribution >= 0.6 is 0 Å². The van der Waals surface area contributed by atoms with Gasteiger partial charge in [-0.2, -0.15) is 0 Å². The van der Waals surface area contributed by atoms with Crippen LogP contribution in [0.3, 0.4) is 0 Å². The van der Waals surface area contributed by atoms with E-state index in [0.29, 0.717) is 52.8 Å². The van der Waals surface area contributed by atoms with E-state index in [-0.39, 0.29) is 28.7 Å². The molecular weight excluding hydrogens is 617 g/mol. The molecule has 5 aromatic rings. The number of sulfonamides is 1. The summed E-state index contributed by atoms with van der Waals surface area (Å²) in [6, 6.07) is 12.6. The molecule has 15 heteroatoms. The third-order valence-electron chi connectivity index (χ3n) is 7.50. The number of nitrogens with one attached hydrogen (secondary N) is 2. The zero-order chi connectivity index (χ0) is 32.4. The maximum absolute atomic E-state index is 15.1. The number of carboxylic acid groups (broad SMARTS) is 1. The van der Waals surface area contributed by atoms with E-state index in [1.807, 2.05) is 6.92 Å². The van der Waals surface area contributed by atoms with Crippen LogP contribution in [0.5, 0.6) is 11.6 Å². The number of carbonyl (C=O) groups is 1. The number of halogens is 1. The lowest BCUT2D eigenvalue weighted by atomic mass is 10.0. The molecule has 3 N–H and O–H groups in total. The molecule has 0 radical (unpaired) electrons. The Morgan fingerprint density at radius 1 is 1.13 bits per heavy atom. The topological polar surface area (TPSA) is 173 Å². The average molecular weight is 648 g/mol. The summed E-state index contributed by atoms with van der Waals surface area (Å²) >= 11 is 0. The maximum atomic E-state index is 15.1. The van der Waals surface area contributed by atoms with Gasteiger partial charge in [-0.1, -0.05) is 17.3 Å². The quantitative estimate of drug-likeness (QED) is 0.178. The fraction of sp³-hybridized carbons (Fsp3) is 0.258. The lowest BCUT2D eigenvalue weighted by Gasteiger charge is -2.31. The monoisotopic (exact) mass is 647 g/mol. The van der Waals surface area contributed by atoms with Crippen LogP contribution in [0.1, 0.15) is 29.9 Å². The number of aromatic nitrogens is 4. The number of hydrogen-bond acceptors (Lipinski definition) is 10. The summed E-state index contributed by atoms with van der Waals surface area (Å²) in [6.07, 6.45) is 3.69. The van der Waals surface area contributed by atoms with Crippen LogP contribution in [0.2, 0.25) is 0 Å². The van der Waals surface area contributed by atoms with Gasteiger partial charge in [-0.3, -0.25) is 4.72 Å². The highest BCUT2D eigenvalue weighted by Crippen LogP contribution is 2.40. The number of benzene rings is 2. The molecule has 0 bridgehead atoms. The molecule has 4 heterocycles. The molecule has 238 valence electrons. The van der Waals surface area contributed by atoms with E-state index in [4.69, 9.17) is 9.26 Å². The smallest absolute Gasteiger partial charge is 0.407 e. The van der Waals surface area contributed by atoms with Crippen LogP contribution in [0.25, 0.3) is 22.0 Å². The van der Waals surface area contributed by atoms with Gasteiger partial charge >= 0.3 is 6.09 Å². The van der Waals surface area contributed by atoms with Crippen LogP contribution < -0.4 is 14.8 Å². The molecule has 0 unspecified atom stereocenters. The second kappa shape index (κ2) is 12.6. The number of aryl methyl sites for hydroxylation is 2. The number of anilines is 2. The van der Waals surface area contributed by atoms with E-state index in [1.54, 1.807) is 49.6 Å². The van der Waals surface area contributed by atoms with Crippen LogP contribution in [-0.2, 0) is 15.8 Å². The molecule has 2 aromatic carbocycles. The number of nitrogens with zero attached hydrogens (tertiary/aromatic N) is 5. The number of likely N-dealkylation sites (tertiary alicyclic amines) is 1. The minimum atomic E-state index is -4.05. The van der Waals surface area contributed by atoms with E-state index < -0.39 is 27.7 Å². The molecule has 1 atom stereocenters. The van der Waals surface area contributed by atoms with Crippen molar-refractivity contribution in [2.45, 2.75) is 38.5 Å². The van der Waals surface area contributed by atoms with Gasteiger partial charge in [0.1, 0.15) is 28.8 Å². The number of hydrogen-bond donors (Lipinski definition) is 3. The average Bonchev–Trinajstić information content (AvgIpc) is 3.43. The number of fused-ring (bicyclic) bond motifs is 1. The SMILES string of the molecule is Cc1cc(CS(=O)(=O)Nc2c(F)ccc3c(Oc4ncccc4-c4ccnc(N[C@H]5CCCN(C(=O)O)C5)n4)c(C)ccc23)no1. The highest BCUT2D eigenvalue weighted by molar-refractivity contribution is 7.91. The number of piperidine rings is 1. The first-order valence-electron chi connectivity index (χ1n) is 14.4. The van der Waals surface area contributed by atoms with Crippen LogP contribution in [0.4, 0.5) is 20.8 Å². The molecule has 6 rings (SSSR count). The minimum Gasteiger partial charge on any atom is -0.465 e. The third kappa shape index (κ3) is 6.68. The van der Waals surface area contributed by atoms with Gasteiger partial charge in [0.05, 0.1) is 16.9 Å². The largest absolute Gasteiger partial charge is 0.465 e. The first-order chi connectivity index (χ1) is 22.1. The summed E-state index contributed by atoms with van der Waals surface area (Å²) in [4.78, 5) is 26.2. The molecule has 0 aliphatic carbocycles. The predicted molar refractivity (Wildman–Crippen MR) is 168 cm³/mol. The van der Waals surface area contributed by atoms with E-state index in [9.17, 15) is 18.3 Å². The van der Waals surface area contributed by atoms with E-state index in [0.717, 1.165) is 12.8 Å². The standard InChI is InChI=1S/C31H30FN7O6S/c1-18-7-8-22-23(9-10-25(32)27(22)38-46(42,43)17-21-15-19(2)45-37-21)28(18)44-29-24(6-3-12-33-29)26-11-13-34-30(36-26)35-20-5-4-14-39(16-20)31(40)41/h3,6-13,15,20,38H,4-5,14,16-17H2,1-2H3,(H,40,41)(H,34,35,36)/t20-/m0/s1. The Bertz CT molecular complexity index is 2040.